The van der Waals surface area contributed by atoms with Crippen molar-refractivity contribution in [2.45, 2.75) is 38.3 Å². The molecule has 2 aliphatic heterocycles. The van der Waals surface area contributed by atoms with E-state index in [1.165, 1.54) is 12.3 Å². The maximum absolute atomic E-state index is 14.7. The third-order valence-electron chi connectivity index (χ3n) is 7.50. The summed E-state index contributed by atoms with van der Waals surface area (Å²) in [7, 11) is 1.77. The van der Waals surface area contributed by atoms with Crippen molar-refractivity contribution in [3.8, 4) is 11.3 Å². The smallest absolute Gasteiger partial charge is 0.261 e. The topological polar surface area (TPSA) is 108 Å². The average molecular weight is 569 g/mol. The quantitative estimate of drug-likeness (QED) is 0.448. The molecule has 0 amide bonds. The molecule has 6 rings (SSSR count). The summed E-state index contributed by atoms with van der Waals surface area (Å²) in [6, 6.07) is 6.25. The fourth-order valence-corrected chi connectivity index (χ4v) is 5.39. The molecule has 40 heavy (non-hydrogen) atoms. The molecule has 3 aliphatic rings. The number of aliphatic imine (C=N–C) groups is 1. The Kier molecular flexibility index (Phi) is 9.08. The van der Waals surface area contributed by atoms with Crippen LogP contribution in [0.25, 0.3) is 22.2 Å². The molecule has 4 heterocycles. The van der Waals surface area contributed by atoms with E-state index in [2.05, 4.69) is 9.89 Å². The van der Waals surface area contributed by atoms with Crippen LogP contribution in [-0.4, -0.2) is 66.8 Å². The van der Waals surface area contributed by atoms with Crippen molar-refractivity contribution in [3.63, 3.8) is 0 Å². The van der Waals surface area contributed by atoms with E-state index in [0.717, 1.165) is 44.0 Å². The van der Waals surface area contributed by atoms with Crippen molar-refractivity contribution in [1.82, 2.24) is 14.5 Å². The number of morpholine rings is 1. The predicted molar refractivity (Wildman–Crippen MR) is 156 cm³/mol. The Morgan fingerprint density at radius 1 is 1.23 bits per heavy atom. The number of rotatable bonds is 6. The number of ether oxygens (including phenoxy) is 2. The number of nitrogens with two attached hydrogens (primary N) is 1. The summed E-state index contributed by atoms with van der Waals surface area (Å²) >= 11 is 5.93. The molecular formula is C29H34ClFN6O3. The minimum Gasteiger partial charge on any atom is -0.405 e. The van der Waals surface area contributed by atoms with Crippen LogP contribution in [0.5, 0.6) is 0 Å². The van der Waals surface area contributed by atoms with E-state index in [-0.39, 0.29) is 5.56 Å². The van der Waals surface area contributed by atoms with Gasteiger partial charge in [0.1, 0.15) is 28.7 Å². The molecule has 3 aromatic rings. The van der Waals surface area contributed by atoms with Gasteiger partial charge in [-0.2, -0.15) is 0 Å². The number of benzene rings is 1. The average Bonchev–Trinajstić information content (AvgIpc) is 3.42. The lowest BCUT2D eigenvalue weighted by molar-refractivity contribution is 0.00452. The highest BCUT2D eigenvalue weighted by molar-refractivity contribution is 6.30. The van der Waals surface area contributed by atoms with Crippen LogP contribution in [0.1, 0.15) is 25.1 Å². The largest absolute Gasteiger partial charge is 0.405 e. The highest BCUT2D eigenvalue weighted by Gasteiger charge is 2.28. The molecule has 2 aromatic heterocycles. The number of anilines is 1. The number of pyridine rings is 1. The maximum atomic E-state index is 14.7. The summed E-state index contributed by atoms with van der Waals surface area (Å²) in [5, 5.41) is 0.773. The van der Waals surface area contributed by atoms with Gasteiger partial charge in [-0.3, -0.25) is 14.4 Å². The first-order valence-electron chi connectivity index (χ1n) is 13.6. The van der Waals surface area contributed by atoms with Crippen LogP contribution >= 0.6 is 11.6 Å². The Morgan fingerprint density at radius 2 is 2.02 bits per heavy atom. The van der Waals surface area contributed by atoms with Crippen molar-refractivity contribution in [2.75, 3.05) is 44.9 Å². The van der Waals surface area contributed by atoms with Crippen molar-refractivity contribution >= 4 is 34.5 Å². The second-order valence-electron chi connectivity index (χ2n) is 10.1. The van der Waals surface area contributed by atoms with Crippen LogP contribution in [0.3, 0.4) is 0 Å². The molecule has 1 saturated carbocycles. The standard InChI is InChI=1S/C20H18ClFN4O2.C9H16N2O/c21-12-3-4-13(15(22)10-12)18-19-14(20(27)26-5-1-2-16(26)23-19)11-17(24-18)25-6-8-28-9-7-25;1-12-9-5-8(6-9)7-11-4-2-3-10/h3-4,10-11H,1-2,5-9H2;2-4,8-9H,5-7,10H2,1H3/b;3-2-,11-4?. The van der Waals surface area contributed by atoms with Gasteiger partial charge in [0.15, 0.2) is 0 Å². The monoisotopic (exact) mass is 568 g/mol. The predicted octanol–water partition coefficient (Wildman–Crippen LogP) is 3.99. The van der Waals surface area contributed by atoms with Gasteiger partial charge in [-0.05, 0) is 61.7 Å². The number of hydrogen-bond donors (Lipinski definition) is 1. The van der Waals surface area contributed by atoms with Gasteiger partial charge >= 0.3 is 0 Å². The lowest BCUT2D eigenvalue weighted by atomic mass is 9.82. The Bertz CT molecular complexity index is 1460. The van der Waals surface area contributed by atoms with Crippen LogP contribution in [0.4, 0.5) is 10.2 Å². The molecule has 0 unspecified atom stereocenters. The molecule has 2 N–H and O–H groups in total. The third-order valence-corrected chi connectivity index (χ3v) is 7.74. The number of allylic oxidation sites excluding steroid dienone is 1. The SMILES string of the molecule is COC1CC(CN=C/C=C\N)C1.O=c1c2cc(N3CCOCC3)nc(-c3ccc(Cl)cc3F)c2nc2n1CCC2. The van der Waals surface area contributed by atoms with Crippen LogP contribution in [0.15, 0.2) is 46.3 Å². The minimum absolute atomic E-state index is 0.0926. The van der Waals surface area contributed by atoms with E-state index < -0.39 is 5.82 Å². The van der Waals surface area contributed by atoms with Gasteiger partial charge in [0.2, 0.25) is 0 Å². The zero-order valence-corrected chi connectivity index (χ0v) is 23.3. The minimum atomic E-state index is -0.483. The number of aromatic nitrogens is 3. The van der Waals surface area contributed by atoms with Gasteiger partial charge in [0.25, 0.3) is 5.56 Å². The molecule has 11 heteroatoms. The van der Waals surface area contributed by atoms with Gasteiger partial charge < -0.3 is 20.1 Å². The Morgan fingerprint density at radius 3 is 2.75 bits per heavy atom. The zero-order valence-electron chi connectivity index (χ0n) is 22.6. The van der Waals surface area contributed by atoms with Crippen LogP contribution < -0.4 is 16.2 Å². The maximum Gasteiger partial charge on any atom is 0.261 e. The van der Waals surface area contributed by atoms with E-state index >= 15 is 0 Å². The van der Waals surface area contributed by atoms with E-state index in [0.29, 0.717) is 72.0 Å². The fourth-order valence-electron chi connectivity index (χ4n) is 5.23. The second-order valence-corrected chi connectivity index (χ2v) is 10.6. The Hall–Kier alpha value is -3.34. The lowest BCUT2D eigenvalue weighted by Crippen LogP contribution is -2.37. The summed E-state index contributed by atoms with van der Waals surface area (Å²) in [5.41, 5.74) is 6.16. The summed E-state index contributed by atoms with van der Waals surface area (Å²) in [4.78, 5) is 28.8. The fraction of sp³-hybridized carbons (Fsp3) is 0.448. The molecule has 212 valence electrons. The number of halogens is 2. The van der Waals surface area contributed by atoms with E-state index in [1.807, 2.05) is 0 Å². The second kappa shape index (κ2) is 12.9. The van der Waals surface area contributed by atoms with Crippen molar-refractivity contribution in [2.24, 2.45) is 16.6 Å². The van der Waals surface area contributed by atoms with Gasteiger partial charge in [0.05, 0.1) is 24.7 Å². The molecule has 0 atom stereocenters. The van der Waals surface area contributed by atoms with Crippen molar-refractivity contribution in [3.05, 3.63) is 63.6 Å². The molecule has 0 bridgehead atoms. The van der Waals surface area contributed by atoms with E-state index in [1.54, 1.807) is 42.2 Å². The number of methoxy groups -OCH3 is 1. The van der Waals surface area contributed by atoms with Gasteiger partial charge in [-0.25, -0.2) is 14.4 Å². The summed E-state index contributed by atoms with van der Waals surface area (Å²) in [6.45, 7) is 4.08. The van der Waals surface area contributed by atoms with Crippen LogP contribution in [0, 0.1) is 11.7 Å². The van der Waals surface area contributed by atoms with Crippen LogP contribution in [-0.2, 0) is 22.4 Å². The van der Waals surface area contributed by atoms with Crippen LogP contribution in [0.2, 0.25) is 5.02 Å². The zero-order chi connectivity index (χ0) is 28.1. The highest BCUT2D eigenvalue weighted by atomic mass is 35.5. The highest BCUT2D eigenvalue weighted by Crippen LogP contribution is 2.32. The van der Waals surface area contributed by atoms with E-state index in [4.69, 9.17) is 36.8 Å². The Balaban J connectivity index is 0.000000227. The molecule has 1 aromatic carbocycles. The summed E-state index contributed by atoms with van der Waals surface area (Å²) < 4.78 is 27.0. The normalized spacial score (nSPS) is 20.5. The number of hydrogen-bond acceptors (Lipinski definition) is 8. The molecular weight excluding hydrogens is 535 g/mol. The number of fused-ring (bicyclic) bond motifs is 2. The molecule has 0 radical (unpaired) electrons. The number of nitrogens with zero attached hydrogens (tertiary/aromatic N) is 5. The molecule has 1 saturated heterocycles. The number of aryl methyl sites for hydroxylation is 1. The molecule has 1 aliphatic carbocycles. The molecule has 2 fully saturated rings. The van der Waals surface area contributed by atoms with Crippen molar-refractivity contribution < 1.29 is 13.9 Å². The summed E-state index contributed by atoms with van der Waals surface area (Å²) in [5.74, 6) is 1.60. The lowest BCUT2D eigenvalue weighted by Gasteiger charge is -2.32. The Labute approximate surface area is 237 Å². The van der Waals surface area contributed by atoms with Gasteiger partial charge in [0, 0.05) is 56.5 Å². The first-order valence-corrected chi connectivity index (χ1v) is 14.0. The summed E-state index contributed by atoms with van der Waals surface area (Å²) in [6.07, 6.45) is 9.39. The molecule has 0 spiro atoms. The first-order chi connectivity index (χ1) is 19.5. The van der Waals surface area contributed by atoms with E-state index in [9.17, 15) is 9.18 Å². The van der Waals surface area contributed by atoms with Gasteiger partial charge in [-0.15, -0.1) is 0 Å². The first kappa shape index (κ1) is 28.2. The third kappa shape index (κ3) is 6.19. The molecule has 9 nitrogen and oxygen atoms in total. The van der Waals surface area contributed by atoms with Crippen molar-refractivity contribution in [1.29, 1.82) is 0 Å². The van der Waals surface area contributed by atoms with Gasteiger partial charge in [-0.1, -0.05) is 11.6 Å².